The molecule has 0 bridgehead atoms. The van der Waals surface area contributed by atoms with E-state index in [1.165, 1.54) is 0 Å². The molecule has 8 fully saturated rings. The Labute approximate surface area is 514 Å². The van der Waals surface area contributed by atoms with E-state index in [1.807, 2.05) is 0 Å². The summed E-state index contributed by atoms with van der Waals surface area (Å²) in [5, 5.41) is 272. The molecule has 8 heterocycles. The Kier molecular flexibility index (Phi) is 27.1. The van der Waals surface area contributed by atoms with Gasteiger partial charge >= 0.3 is 0 Å². The number of hydrogen-bond donors (Lipinski definition) is 25. The summed E-state index contributed by atoms with van der Waals surface area (Å²) in [4.78, 5) is 0. The van der Waals surface area contributed by atoms with E-state index in [4.69, 9.17) is 75.8 Å². The topological polar surface area (TPSA) is 653 Å². The molecule has 532 valence electrons. The third kappa shape index (κ3) is 15.6. The van der Waals surface area contributed by atoms with E-state index in [-0.39, 0.29) is 6.61 Å². The zero-order valence-electron chi connectivity index (χ0n) is 48.2. The lowest BCUT2D eigenvalue weighted by Crippen LogP contribution is -2.69. The molecule has 0 saturated carbocycles. The van der Waals surface area contributed by atoms with E-state index in [9.17, 15) is 128 Å². The summed E-state index contributed by atoms with van der Waals surface area (Å²) in [5.41, 5.74) is 0. The van der Waals surface area contributed by atoms with Crippen LogP contribution in [0.4, 0.5) is 0 Å². The van der Waals surface area contributed by atoms with Gasteiger partial charge in [0.1, 0.15) is 195 Å². The zero-order valence-corrected chi connectivity index (χ0v) is 48.2. The van der Waals surface area contributed by atoms with Crippen LogP contribution in [0.25, 0.3) is 0 Å². The lowest BCUT2D eigenvalue weighted by molar-refractivity contribution is -0.402. The second kappa shape index (κ2) is 32.8. The fraction of sp³-hybridized carbons (Fsp3) is 1.00. The molecule has 8 saturated heterocycles. The van der Waals surface area contributed by atoms with Crippen LogP contribution in [-0.4, -0.2) is 433 Å². The molecular weight excluding hydrogens is 1260 g/mol. The molecule has 0 aliphatic carbocycles. The molecule has 0 aromatic carbocycles. The maximum atomic E-state index is 11.8. The van der Waals surface area contributed by atoms with Crippen LogP contribution >= 0.6 is 0 Å². The molecule has 0 amide bonds. The molecule has 40 unspecified atom stereocenters. The van der Waals surface area contributed by atoms with Gasteiger partial charge < -0.3 is 203 Å². The Morgan fingerprint density at radius 2 is 0.352 bits per heavy atom. The summed E-state index contributed by atoms with van der Waals surface area (Å²) in [6.45, 7) is -6.65. The smallest absolute Gasteiger partial charge is 0.187 e. The van der Waals surface area contributed by atoms with Crippen molar-refractivity contribution in [1.29, 1.82) is 0 Å². The summed E-state index contributed by atoms with van der Waals surface area (Å²) in [6.07, 6.45) is -80.4. The van der Waals surface area contributed by atoms with Gasteiger partial charge in [-0.15, -0.1) is 0 Å². The van der Waals surface area contributed by atoms with Crippen LogP contribution in [0.5, 0.6) is 0 Å². The number of aliphatic hydroxyl groups is 25. The van der Waals surface area contributed by atoms with Crippen LogP contribution in [0.2, 0.25) is 0 Å². The average Bonchev–Trinajstić information content (AvgIpc) is 0.802. The Bertz CT molecular complexity index is 2170. The summed E-state index contributed by atoms with van der Waals surface area (Å²) < 4.78 is 89.9. The van der Waals surface area contributed by atoms with Gasteiger partial charge in [-0.3, -0.25) is 0 Å². The minimum Gasteiger partial charge on any atom is -0.394 e. The standard InChI is InChI=1S/C50H86O41/c1-2-76-43-29(69)36(20(60)12(4-52)77-43)86-45-31(71)38(22(62)14(6-54)79-45)88-47-33(73)40(24(64)16(8-56)81-47)90-49-35(75)42(26(66)18(10-58)83-49)91-50-34(74)41(25(65)17(9-57)84-50)89-48-32(72)39(23(63)15(7-55)82-48)87-46-30(70)37(21(61)13(5-53)80-46)85-44-28(68)27(67)19(59)11(3-51)78-44/h11-75H,2-10H2,1H3. The minimum absolute atomic E-state index is 0.0225. The monoisotopic (exact) mass is 1340 g/mol. The molecule has 8 rings (SSSR count). The second-order valence-electron chi connectivity index (χ2n) is 22.8. The van der Waals surface area contributed by atoms with Crippen LogP contribution < -0.4 is 0 Å². The van der Waals surface area contributed by atoms with Gasteiger partial charge in [0.15, 0.2) is 50.3 Å². The third-order valence-corrected chi connectivity index (χ3v) is 17.0. The molecule has 8 aliphatic heterocycles. The molecule has 41 heteroatoms. The second-order valence-corrected chi connectivity index (χ2v) is 22.8. The van der Waals surface area contributed by atoms with Crippen molar-refractivity contribution in [2.75, 3.05) is 59.5 Å². The lowest BCUT2D eigenvalue weighted by Gasteiger charge is -2.50. The summed E-state index contributed by atoms with van der Waals surface area (Å²) in [5.74, 6) is 0. The Morgan fingerprint density at radius 3 is 0.527 bits per heavy atom. The minimum atomic E-state index is -2.37. The van der Waals surface area contributed by atoms with Gasteiger partial charge in [0.2, 0.25) is 0 Å². The SMILES string of the molecule is CCOC1OC(CO)C(O)C(OC2OC(CO)C(O)C(OC3OC(CO)C(O)C(OC4OC(CO)C(O)C(OC5OC(CO)C(O)C(OC6OC(CO)C(O)C(OC7OC(CO)C(O)C(OC8OC(CO)C(O)C(O)C8O)C7O)C6O)C5O)C4O)C3O)C2O)C1O. The fourth-order valence-corrected chi connectivity index (χ4v) is 11.7. The van der Waals surface area contributed by atoms with Crippen LogP contribution in [0.15, 0.2) is 0 Å². The molecule has 0 spiro atoms. The highest BCUT2D eigenvalue weighted by atomic mass is 16.8. The van der Waals surface area contributed by atoms with Gasteiger partial charge in [0.05, 0.1) is 52.9 Å². The van der Waals surface area contributed by atoms with Crippen molar-refractivity contribution in [3.8, 4) is 0 Å². The van der Waals surface area contributed by atoms with E-state index < -0.39 is 299 Å². The van der Waals surface area contributed by atoms with E-state index >= 15 is 0 Å². The van der Waals surface area contributed by atoms with Crippen molar-refractivity contribution in [3.63, 3.8) is 0 Å². The van der Waals surface area contributed by atoms with E-state index in [0.717, 1.165) is 0 Å². The van der Waals surface area contributed by atoms with Crippen molar-refractivity contribution in [3.05, 3.63) is 0 Å². The number of ether oxygens (including phenoxy) is 16. The molecule has 0 aromatic rings. The highest BCUT2D eigenvalue weighted by molar-refractivity contribution is 5.02. The summed E-state index contributed by atoms with van der Waals surface area (Å²) >= 11 is 0. The summed E-state index contributed by atoms with van der Waals surface area (Å²) in [7, 11) is 0. The van der Waals surface area contributed by atoms with Crippen molar-refractivity contribution >= 4 is 0 Å². The quantitative estimate of drug-likeness (QED) is 0.0427. The molecule has 0 radical (unpaired) electrons. The van der Waals surface area contributed by atoms with Gasteiger partial charge in [-0.1, -0.05) is 0 Å². The van der Waals surface area contributed by atoms with Crippen LogP contribution in [-0.2, 0) is 75.8 Å². The first-order valence-corrected chi connectivity index (χ1v) is 29.2. The number of hydrogen-bond acceptors (Lipinski definition) is 41. The fourth-order valence-electron chi connectivity index (χ4n) is 11.7. The Balaban J connectivity index is 0.965. The van der Waals surface area contributed by atoms with Gasteiger partial charge in [0, 0.05) is 6.61 Å². The highest BCUT2D eigenvalue weighted by Gasteiger charge is 2.60. The highest BCUT2D eigenvalue weighted by Crippen LogP contribution is 2.39. The van der Waals surface area contributed by atoms with Crippen molar-refractivity contribution in [1.82, 2.24) is 0 Å². The van der Waals surface area contributed by atoms with Gasteiger partial charge in [-0.25, -0.2) is 0 Å². The van der Waals surface area contributed by atoms with Crippen molar-refractivity contribution < 1.29 is 203 Å². The van der Waals surface area contributed by atoms with E-state index in [2.05, 4.69) is 0 Å². The molecular formula is C50H86O41. The Hall–Kier alpha value is -1.64. The third-order valence-electron chi connectivity index (χ3n) is 17.0. The largest absolute Gasteiger partial charge is 0.394 e. The average molecular weight is 1340 g/mol. The maximum absolute atomic E-state index is 11.8. The zero-order chi connectivity index (χ0) is 66.8. The molecule has 8 aliphatic rings. The van der Waals surface area contributed by atoms with Crippen LogP contribution in [0.3, 0.4) is 0 Å². The van der Waals surface area contributed by atoms with Gasteiger partial charge in [0.25, 0.3) is 0 Å². The Morgan fingerprint density at radius 1 is 0.198 bits per heavy atom. The van der Waals surface area contributed by atoms with Crippen molar-refractivity contribution in [2.45, 2.75) is 253 Å². The lowest BCUT2D eigenvalue weighted by atomic mass is 9.95. The molecule has 25 N–H and O–H groups in total. The van der Waals surface area contributed by atoms with Gasteiger partial charge in [-0.05, 0) is 6.92 Å². The van der Waals surface area contributed by atoms with Crippen LogP contribution in [0, 0.1) is 0 Å². The van der Waals surface area contributed by atoms with Gasteiger partial charge in [-0.2, -0.15) is 0 Å². The van der Waals surface area contributed by atoms with E-state index in [1.54, 1.807) is 6.92 Å². The molecule has 40 atom stereocenters. The summed E-state index contributed by atoms with van der Waals surface area (Å²) in [6, 6.07) is 0. The van der Waals surface area contributed by atoms with Crippen molar-refractivity contribution in [2.24, 2.45) is 0 Å². The molecule has 0 aromatic heterocycles. The first kappa shape index (κ1) is 75.1. The number of rotatable bonds is 24. The predicted molar refractivity (Wildman–Crippen MR) is 274 cm³/mol. The van der Waals surface area contributed by atoms with E-state index in [0.29, 0.717) is 0 Å². The molecule has 41 nitrogen and oxygen atoms in total. The number of aliphatic hydroxyl groups excluding tert-OH is 25. The first-order chi connectivity index (χ1) is 43.3. The maximum Gasteiger partial charge on any atom is 0.187 e. The molecule has 91 heavy (non-hydrogen) atoms. The first-order valence-electron chi connectivity index (χ1n) is 29.2. The van der Waals surface area contributed by atoms with Crippen LogP contribution in [0.1, 0.15) is 6.92 Å². The normalized spacial score (nSPS) is 52.7. The predicted octanol–water partition coefficient (Wildman–Crippen LogP) is -17.4.